The molecule has 5 nitrogen and oxygen atoms in total. The van der Waals surface area contributed by atoms with Crippen molar-refractivity contribution >= 4 is 23.1 Å². The minimum absolute atomic E-state index is 0.0250. The smallest absolute Gasteiger partial charge is 0.173 e. The Morgan fingerprint density at radius 1 is 1.17 bits per heavy atom. The summed E-state index contributed by atoms with van der Waals surface area (Å²) in [5.74, 6) is 1.30. The molecule has 1 unspecified atom stereocenters. The molecule has 0 amide bonds. The van der Waals surface area contributed by atoms with E-state index in [1.807, 2.05) is 60.4 Å². The van der Waals surface area contributed by atoms with Crippen LogP contribution in [0.3, 0.4) is 0 Å². The van der Waals surface area contributed by atoms with Crippen LogP contribution in [0.2, 0.25) is 0 Å². The summed E-state index contributed by atoms with van der Waals surface area (Å²) in [7, 11) is 1.61. The summed E-state index contributed by atoms with van der Waals surface area (Å²) in [6.45, 7) is 6.87. The molecule has 1 N–H and O–H groups in total. The van der Waals surface area contributed by atoms with E-state index in [0.29, 0.717) is 23.2 Å². The first-order valence-corrected chi connectivity index (χ1v) is 10.5. The molecule has 1 atom stereocenters. The highest BCUT2D eigenvalue weighted by Gasteiger charge is 2.32. The fourth-order valence-electron chi connectivity index (χ4n) is 3.70. The molecule has 0 radical (unpaired) electrons. The highest BCUT2D eigenvalue weighted by atomic mass is 32.1. The van der Waals surface area contributed by atoms with E-state index in [9.17, 15) is 4.79 Å². The number of rotatable bonds is 8. The van der Waals surface area contributed by atoms with Crippen LogP contribution in [0.15, 0.2) is 59.8 Å². The predicted molar refractivity (Wildman–Crippen MR) is 123 cm³/mol. The predicted octanol–water partition coefficient (Wildman–Crippen LogP) is 4.78. The SMILES string of the molecule is CCCN1C(=S)NC(c2ccc(OCc3ccccc3)c(OC)c2)C(C(C)=O)=C1C. The van der Waals surface area contributed by atoms with E-state index in [1.165, 1.54) is 0 Å². The quantitative estimate of drug-likeness (QED) is 0.616. The number of allylic oxidation sites excluding steroid dienone is 1. The third kappa shape index (κ3) is 4.65. The summed E-state index contributed by atoms with van der Waals surface area (Å²) < 4.78 is 11.5. The van der Waals surface area contributed by atoms with Gasteiger partial charge in [0.15, 0.2) is 22.4 Å². The number of carbonyl (C=O) groups is 1. The van der Waals surface area contributed by atoms with Gasteiger partial charge < -0.3 is 19.7 Å². The van der Waals surface area contributed by atoms with Gasteiger partial charge in [-0.2, -0.15) is 0 Å². The first-order valence-electron chi connectivity index (χ1n) is 10.1. The van der Waals surface area contributed by atoms with E-state index in [4.69, 9.17) is 21.7 Å². The Kier molecular flexibility index (Phi) is 7.11. The number of benzene rings is 2. The summed E-state index contributed by atoms with van der Waals surface area (Å²) in [6.07, 6.45) is 0.941. The zero-order chi connectivity index (χ0) is 21.7. The number of hydrogen-bond acceptors (Lipinski definition) is 4. The maximum absolute atomic E-state index is 12.5. The maximum Gasteiger partial charge on any atom is 0.173 e. The third-order valence-electron chi connectivity index (χ3n) is 5.18. The summed E-state index contributed by atoms with van der Waals surface area (Å²) in [6, 6.07) is 15.4. The molecule has 3 rings (SSSR count). The molecular formula is C24H28N2O3S. The van der Waals surface area contributed by atoms with Gasteiger partial charge in [0.25, 0.3) is 0 Å². The maximum atomic E-state index is 12.5. The van der Waals surface area contributed by atoms with Crippen molar-refractivity contribution in [1.29, 1.82) is 0 Å². The molecule has 0 aliphatic carbocycles. The number of nitrogens with zero attached hydrogens (tertiary/aromatic N) is 1. The first kappa shape index (κ1) is 21.8. The monoisotopic (exact) mass is 424 g/mol. The molecule has 0 saturated carbocycles. The van der Waals surface area contributed by atoms with Gasteiger partial charge in [0.1, 0.15) is 6.61 Å². The van der Waals surface area contributed by atoms with Crippen molar-refractivity contribution in [2.75, 3.05) is 13.7 Å². The first-order chi connectivity index (χ1) is 14.5. The minimum atomic E-state index is -0.319. The molecule has 158 valence electrons. The van der Waals surface area contributed by atoms with Crippen LogP contribution in [0.4, 0.5) is 0 Å². The normalized spacial score (nSPS) is 16.3. The summed E-state index contributed by atoms with van der Waals surface area (Å²) in [5, 5.41) is 3.97. The van der Waals surface area contributed by atoms with E-state index in [1.54, 1.807) is 14.0 Å². The number of ketones is 1. The standard InChI is InChI=1S/C24H28N2O3S/c1-5-13-26-16(2)22(17(3)27)23(25-24(26)30)19-11-12-20(21(14-19)28-4)29-15-18-9-7-6-8-10-18/h6-12,14,23H,5,13,15H2,1-4H3,(H,25,30). The second kappa shape index (κ2) is 9.76. The second-order valence-corrected chi connectivity index (χ2v) is 7.66. The van der Waals surface area contributed by atoms with Crippen molar-refractivity contribution in [3.05, 3.63) is 70.9 Å². The number of thiocarbonyl (C=S) groups is 1. The van der Waals surface area contributed by atoms with Crippen LogP contribution in [0.5, 0.6) is 11.5 Å². The molecule has 30 heavy (non-hydrogen) atoms. The average molecular weight is 425 g/mol. The number of Topliss-reactive ketones (excluding diaryl/α,β-unsaturated/α-hetero) is 1. The van der Waals surface area contributed by atoms with Crippen LogP contribution in [-0.4, -0.2) is 29.5 Å². The molecule has 2 aromatic rings. The molecule has 1 aliphatic heterocycles. The third-order valence-corrected chi connectivity index (χ3v) is 5.52. The van der Waals surface area contributed by atoms with Crippen molar-refractivity contribution < 1.29 is 14.3 Å². The highest BCUT2D eigenvalue weighted by Crippen LogP contribution is 2.36. The zero-order valence-corrected chi connectivity index (χ0v) is 18.7. The summed E-state index contributed by atoms with van der Waals surface area (Å²) >= 11 is 5.58. The second-order valence-electron chi connectivity index (χ2n) is 7.27. The lowest BCUT2D eigenvalue weighted by Gasteiger charge is -2.37. The van der Waals surface area contributed by atoms with Crippen molar-refractivity contribution in [2.45, 2.75) is 39.8 Å². The van der Waals surface area contributed by atoms with Crippen molar-refractivity contribution in [1.82, 2.24) is 10.2 Å². The van der Waals surface area contributed by atoms with Crippen LogP contribution in [0.1, 0.15) is 44.4 Å². The van der Waals surface area contributed by atoms with Crippen LogP contribution in [0.25, 0.3) is 0 Å². The molecule has 1 aliphatic rings. The molecule has 0 spiro atoms. The van der Waals surface area contributed by atoms with Gasteiger partial charge in [-0.15, -0.1) is 0 Å². The number of ether oxygens (including phenoxy) is 2. The van der Waals surface area contributed by atoms with E-state index in [0.717, 1.165) is 35.4 Å². The Morgan fingerprint density at radius 3 is 2.53 bits per heavy atom. The molecular weight excluding hydrogens is 396 g/mol. The van der Waals surface area contributed by atoms with Gasteiger partial charge in [0.2, 0.25) is 0 Å². The Bertz CT molecular complexity index is 956. The lowest BCUT2D eigenvalue weighted by atomic mass is 9.92. The zero-order valence-electron chi connectivity index (χ0n) is 17.9. The molecule has 2 aromatic carbocycles. The van der Waals surface area contributed by atoms with E-state index in [-0.39, 0.29) is 11.8 Å². The molecule has 0 saturated heterocycles. The van der Waals surface area contributed by atoms with E-state index < -0.39 is 0 Å². The number of carbonyl (C=O) groups excluding carboxylic acids is 1. The lowest BCUT2D eigenvalue weighted by molar-refractivity contribution is -0.114. The Hall–Kier alpha value is -2.86. The van der Waals surface area contributed by atoms with Gasteiger partial charge in [0.05, 0.1) is 13.2 Å². The molecule has 0 bridgehead atoms. The Balaban J connectivity index is 1.90. The van der Waals surface area contributed by atoms with E-state index >= 15 is 0 Å². The average Bonchev–Trinajstić information content (AvgIpc) is 2.75. The van der Waals surface area contributed by atoms with Crippen molar-refractivity contribution in [2.24, 2.45) is 0 Å². The van der Waals surface area contributed by atoms with Gasteiger partial charge >= 0.3 is 0 Å². The molecule has 0 fully saturated rings. The topological polar surface area (TPSA) is 50.8 Å². The summed E-state index contributed by atoms with van der Waals surface area (Å²) in [5.41, 5.74) is 3.61. The van der Waals surface area contributed by atoms with Gasteiger partial charge in [-0.1, -0.05) is 43.3 Å². The van der Waals surface area contributed by atoms with Crippen molar-refractivity contribution in [3.8, 4) is 11.5 Å². The van der Waals surface area contributed by atoms with Crippen LogP contribution >= 0.6 is 12.2 Å². The number of nitrogens with one attached hydrogen (secondary N) is 1. The van der Waals surface area contributed by atoms with Gasteiger partial charge in [-0.3, -0.25) is 4.79 Å². The fraction of sp³-hybridized carbons (Fsp3) is 0.333. The summed E-state index contributed by atoms with van der Waals surface area (Å²) in [4.78, 5) is 14.5. The minimum Gasteiger partial charge on any atom is -0.493 e. The van der Waals surface area contributed by atoms with Gasteiger partial charge in [-0.25, -0.2) is 0 Å². The Labute approximate surface area is 183 Å². The highest BCUT2D eigenvalue weighted by molar-refractivity contribution is 7.80. The number of methoxy groups -OCH3 is 1. The Morgan fingerprint density at radius 2 is 1.90 bits per heavy atom. The van der Waals surface area contributed by atoms with Crippen LogP contribution < -0.4 is 14.8 Å². The molecule has 1 heterocycles. The molecule has 6 heteroatoms. The van der Waals surface area contributed by atoms with Crippen LogP contribution in [0, 0.1) is 0 Å². The van der Waals surface area contributed by atoms with Crippen molar-refractivity contribution in [3.63, 3.8) is 0 Å². The van der Waals surface area contributed by atoms with E-state index in [2.05, 4.69) is 12.2 Å². The number of hydrogen-bond donors (Lipinski definition) is 1. The molecule has 0 aromatic heterocycles. The van der Waals surface area contributed by atoms with Gasteiger partial charge in [0, 0.05) is 17.8 Å². The van der Waals surface area contributed by atoms with Crippen LogP contribution in [-0.2, 0) is 11.4 Å². The lowest BCUT2D eigenvalue weighted by Crippen LogP contribution is -2.47. The fourth-order valence-corrected chi connectivity index (χ4v) is 4.05. The van der Waals surface area contributed by atoms with Gasteiger partial charge in [-0.05, 0) is 55.7 Å². The largest absolute Gasteiger partial charge is 0.493 e.